The molecule has 0 aliphatic rings. The standard InChI is InChI=1S/C14H14Cl2N2O2S/c1-9-13(2-3-19)21-8-18(9)7-14(20)17-12-5-10(15)4-11(16)6-12/h4-6,8,19H,2-3,7H2,1H3/p+1. The highest BCUT2D eigenvalue weighted by Crippen LogP contribution is 2.22. The number of benzene rings is 1. The number of aromatic nitrogens is 1. The number of nitrogens with zero attached hydrogens (tertiary/aromatic N) is 1. The average Bonchev–Trinajstić information content (AvgIpc) is 2.70. The summed E-state index contributed by atoms with van der Waals surface area (Å²) in [6.07, 6.45) is 0.606. The first-order valence-electron chi connectivity index (χ1n) is 6.33. The molecule has 0 saturated heterocycles. The fraction of sp³-hybridized carbons (Fsp3) is 0.286. The molecule has 0 unspecified atom stereocenters. The molecule has 0 atom stereocenters. The number of aliphatic hydroxyl groups excluding tert-OH is 1. The van der Waals surface area contributed by atoms with Gasteiger partial charge in [-0.1, -0.05) is 34.5 Å². The quantitative estimate of drug-likeness (QED) is 0.818. The topological polar surface area (TPSA) is 53.2 Å². The summed E-state index contributed by atoms with van der Waals surface area (Å²) >= 11 is 13.3. The summed E-state index contributed by atoms with van der Waals surface area (Å²) in [6, 6.07) is 4.90. The van der Waals surface area contributed by atoms with Crippen molar-refractivity contribution in [2.75, 3.05) is 11.9 Å². The molecule has 112 valence electrons. The molecule has 21 heavy (non-hydrogen) atoms. The van der Waals surface area contributed by atoms with Gasteiger partial charge in [0.05, 0.1) is 4.88 Å². The molecule has 0 aliphatic heterocycles. The zero-order chi connectivity index (χ0) is 15.4. The number of nitrogens with one attached hydrogen (secondary N) is 1. The van der Waals surface area contributed by atoms with Gasteiger partial charge >= 0.3 is 0 Å². The van der Waals surface area contributed by atoms with Gasteiger partial charge in [0, 0.05) is 35.7 Å². The molecule has 0 radical (unpaired) electrons. The Morgan fingerprint density at radius 1 is 1.33 bits per heavy atom. The van der Waals surface area contributed by atoms with Crippen molar-refractivity contribution >= 4 is 46.1 Å². The van der Waals surface area contributed by atoms with E-state index in [4.69, 9.17) is 28.3 Å². The van der Waals surface area contributed by atoms with Gasteiger partial charge in [-0.15, -0.1) is 0 Å². The highest BCUT2D eigenvalue weighted by Gasteiger charge is 2.18. The van der Waals surface area contributed by atoms with Crippen LogP contribution in [0.4, 0.5) is 5.69 Å². The number of thiazole rings is 1. The summed E-state index contributed by atoms with van der Waals surface area (Å²) in [5.74, 6) is -0.158. The van der Waals surface area contributed by atoms with E-state index < -0.39 is 0 Å². The molecule has 2 rings (SSSR count). The Balaban J connectivity index is 2.04. The Morgan fingerprint density at radius 3 is 2.62 bits per heavy atom. The average molecular weight is 346 g/mol. The molecule has 0 bridgehead atoms. The number of carbonyl (C=O) groups excluding carboxylic acids is 1. The molecule has 2 aromatic rings. The number of halogens is 2. The normalized spacial score (nSPS) is 10.7. The lowest BCUT2D eigenvalue weighted by atomic mass is 10.3. The molecular weight excluding hydrogens is 331 g/mol. The largest absolute Gasteiger partial charge is 0.396 e. The molecule has 1 amide bonds. The van der Waals surface area contributed by atoms with Crippen molar-refractivity contribution in [3.05, 3.63) is 44.3 Å². The van der Waals surface area contributed by atoms with Crippen LogP contribution in [0.2, 0.25) is 10.0 Å². The maximum absolute atomic E-state index is 12.1. The minimum absolute atomic E-state index is 0.106. The van der Waals surface area contributed by atoms with Crippen LogP contribution in [-0.2, 0) is 17.8 Å². The van der Waals surface area contributed by atoms with Crippen molar-refractivity contribution < 1.29 is 14.5 Å². The Bertz CT molecular complexity index is 638. The van der Waals surface area contributed by atoms with Crippen LogP contribution in [0, 0.1) is 6.92 Å². The van der Waals surface area contributed by atoms with Crippen LogP contribution >= 0.6 is 34.5 Å². The minimum Gasteiger partial charge on any atom is -0.396 e. The fourth-order valence-corrected chi connectivity index (χ4v) is 3.44. The molecule has 0 aliphatic carbocycles. The van der Waals surface area contributed by atoms with E-state index in [2.05, 4.69) is 5.32 Å². The summed E-state index contributed by atoms with van der Waals surface area (Å²) in [6.45, 7) is 2.25. The smallest absolute Gasteiger partial charge is 0.290 e. The van der Waals surface area contributed by atoms with Gasteiger partial charge < -0.3 is 10.4 Å². The lowest BCUT2D eigenvalue weighted by Gasteiger charge is -2.04. The number of amides is 1. The maximum Gasteiger partial charge on any atom is 0.290 e. The van der Waals surface area contributed by atoms with E-state index in [9.17, 15) is 4.79 Å². The molecule has 0 spiro atoms. The number of hydrogen-bond donors (Lipinski definition) is 2. The van der Waals surface area contributed by atoms with Crippen LogP contribution in [0.1, 0.15) is 10.6 Å². The SMILES string of the molecule is Cc1c(CCO)sc[n+]1CC(=O)Nc1cc(Cl)cc(Cl)c1. The lowest BCUT2D eigenvalue weighted by molar-refractivity contribution is -0.685. The third-order valence-electron chi connectivity index (χ3n) is 2.96. The second kappa shape index (κ2) is 7.22. The third-order valence-corrected chi connectivity index (χ3v) is 4.54. The van der Waals surface area contributed by atoms with Crippen LogP contribution < -0.4 is 9.88 Å². The molecule has 1 aromatic heterocycles. The van der Waals surface area contributed by atoms with Crippen molar-refractivity contribution in [3.63, 3.8) is 0 Å². The molecule has 1 heterocycles. The molecule has 0 fully saturated rings. The Kier molecular flexibility index (Phi) is 5.58. The van der Waals surface area contributed by atoms with Gasteiger partial charge in [-0.25, -0.2) is 0 Å². The number of anilines is 1. The van der Waals surface area contributed by atoms with Gasteiger partial charge in [0.15, 0.2) is 5.69 Å². The van der Waals surface area contributed by atoms with E-state index in [0.717, 1.165) is 10.6 Å². The summed E-state index contributed by atoms with van der Waals surface area (Å²) in [7, 11) is 0. The fourth-order valence-electron chi connectivity index (χ4n) is 1.93. The van der Waals surface area contributed by atoms with Crippen LogP contribution in [0.3, 0.4) is 0 Å². The number of hydrogen-bond acceptors (Lipinski definition) is 3. The van der Waals surface area contributed by atoms with Gasteiger partial charge in [-0.3, -0.25) is 4.79 Å². The van der Waals surface area contributed by atoms with Gasteiger partial charge in [-0.2, -0.15) is 4.57 Å². The lowest BCUT2D eigenvalue weighted by Crippen LogP contribution is -2.41. The van der Waals surface area contributed by atoms with Crippen molar-refractivity contribution in [2.24, 2.45) is 0 Å². The van der Waals surface area contributed by atoms with Crippen molar-refractivity contribution in [3.8, 4) is 0 Å². The Labute approximate surface area is 136 Å². The van der Waals surface area contributed by atoms with Gasteiger partial charge in [-0.05, 0) is 18.2 Å². The second-order valence-electron chi connectivity index (χ2n) is 4.54. The summed E-state index contributed by atoms with van der Waals surface area (Å²) in [5.41, 5.74) is 3.44. The predicted molar refractivity (Wildman–Crippen MR) is 85.1 cm³/mol. The molecule has 7 heteroatoms. The summed E-state index contributed by atoms with van der Waals surface area (Å²) in [4.78, 5) is 13.1. The Hall–Kier alpha value is -1.14. The number of rotatable bonds is 5. The first-order valence-corrected chi connectivity index (χ1v) is 7.96. The van der Waals surface area contributed by atoms with Crippen LogP contribution in [0.25, 0.3) is 0 Å². The van der Waals surface area contributed by atoms with E-state index in [0.29, 0.717) is 22.2 Å². The van der Waals surface area contributed by atoms with Gasteiger partial charge in [0.2, 0.25) is 12.1 Å². The second-order valence-corrected chi connectivity index (χ2v) is 6.35. The first-order chi connectivity index (χ1) is 9.99. The van der Waals surface area contributed by atoms with Crippen molar-refractivity contribution in [1.29, 1.82) is 0 Å². The highest BCUT2D eigenvalue weighted by molar-refractivity contribution is 7.09. The third kappa shape index (κ3) is 4.41. The zero-order valence-electron chi connectivity index (χ0n) is 11.4. The van der Waals surface area contributed by atoms with E-state index in [1.54, 1.807) is 18.2 Å². The zero-order valence-corrected chi connectivity index (χ0v) is 13.7. The predicted octanol–water partition coefficient (Wildman–Crippen LogP) is 2.82. The van der Waals surface area contributed by atoms with Crippen molar-refractivity contribution in [2.45, 2.75) is 19.9 Å². The van der Waals surface area contributed by atoms with E-state index in [1.807, 2.05) is 17.0 Å². The van der Waals surface area contributed by atoms with Crippen LogP contribution in [-0.4, -0.2) is 17.6 Å². The van der Waals surface area contributed by atoms with E-state index in [1.165, 1.54) is 11.3 Å². The summed E-state index contributed by atoms with van der Waals surface area (Å²) < 4.78 is 1.86. The maximum atomic E-state index is 12.1. The molecule has 0 saturated carbocycles. The van der Waals surface area contributed by atoms with E-state index >= 15 is 0 Å². The monoisotopic (exact) mass is 345 g/mol. The minimum atomic E-state index is -0.158. The van der Waals surface area contributed by atoms with Crippen molar-refractivity contribution in [1.82, 2.24) is 0 Å². The number of aliphatic hydroxyl groups is 1. The van der Waals surface area contributed by atoms with Gasteiger partial charge in [0.25, 0.3) is 5.91 Å². The van der Waals surface area contributed by atoms with Crippen LogP contribution in [0.5, 0.6) is 0 Å². The van der Waals surface area contributed by atoms with E-state index in [-0.39, 0.29) is 19.1 Å². The Morgan fingerprint density at radius 2 is 2.00 bits per heavy atom. The molecule has 2 N–H and O–H groups in total. The molecule has 1 aromatic carbocycles. The highest BCUT2D eigenvalue weighted by atomic mass is 35.5. The van der Waals surface area contributed by atoms with Crippen LogP contribution in [0.15, 0.2) is 23.7 Å². The molecular formula is C14H15Cl2N2O2S+. The molecule has 4 nitrogen and oxygen atoms in total. The van der Waals surface area contributed by atoms with Gasteiger partial charge in [0.1, 0.15) is 0 Å². The first kappa shape index (κ1) is 16.2. The summed E-state index contributed by atoms with van der Waals surface area (Å²) in [5, 5.41) is 12.7. The number of carbonyl (C=O) groups is 1.